The summed E-state index contributed by atoms with van der Waals surface area (Å²) in [5.74, 6) is -2.01. The fourth-order valence-corrected chi connectivity index (χ4v) is 7.49. The summed E-state index contributed by atoms with van der Waals surface area (Å²) in [6.07, 6.45) is 3.73. The minimum Gasteiger partial charge on any atom is -0.460 e. The molecule has 3 heterocycles. The normalized spacial score (nSPS) is 16.6. The molecule has 1 fully saturated rings. The van der Waals surface area contributed by atoms with Gasteiger partial charge in [-0.15, -0.1) is 0 Å². The van der Waals surface area contributed by atoms with E-state index in [1.165, 1.54) is 4.31 Å². The molecule has 0 amide bonds. The van der Waals surface area contributed by atoms with Crippen molar-refractivity contribution in [1.29, 1.82) is 0 Å². The van der Waals surface area contributed by atoms with Gasteiger partial charge >= 0.3 is 11.9 Å². The molecule has 2 aliphatic heterocycles. The van der Waals surface area contributed by atoms with Crippen LogP contribution in [0.15, 0.2) is 88.2 Å². The number of piperidine rings is 1. The lowest BCUT2D eigenvalue weighted by Crippen LogP contribution is -2.35. The maximum atomic E-state index is 13.7. The third-order valence-electron chi connectivity index (χ3n) is 8.04. The van der Waals surface area contributed by atoms with E-state index in [1.54, 1.807) is 70.5 Å². The maximum Gasteiger partial charge on any atom is 0.337 e. The van der Waals surface area contributed by atoms with Crippen LogP contribution < -0.4 is 5.32 Å². The lowest BCUT2D eigenvalue weighted by atomic mass is 9.79. The van der Waals surface area contributed by atoms with Crippen molar-refractivity contribution in [3.05, 3.63) is 88.9 Å². The Labute approximate surface area is 271 Å². The number of sulfonamides is 1. The van der Waals surface area contributed by atoms with E-state index in [-0.39, 0.29) is 16.0 Å². The van der Waals surface area contributed by atoms with E-state index in [2.05, 4.69) is 5.32 Å². The van der Waals surface area contributed by atoms with Gasteiger partial charge in [-0.2, -0.15) is 9.40 Å². The second kappa shape index (κ2) is 13.6. The van der Waals surface area contributed by atoms with E-state index in [9.17, 15) is 18.0 Å². The van der Waals surface area contributed by atoms with Gasteiger partial charge < -0.3 is 14.8 Å². The molecule has 0 unspecified atom stereocenters. The van der Waals surface area contributed by atoms with Crippen molar-refractivity contribution >= 4 is 22.0 Å². The zero-order valence-electron chi connectivity index (χ0n) is 27.2. The highest BCUT2D eigenvalue weighted by atomic mass is 32.2. The monoisotopic (exact) mass is 646 g/mol. The highest BCUT2D eigenvalue weighted by molar-refractivity contribution is 7.89. The summed E-state index contributed by atoms with van der Waals surface area (Å²) in [5.41, 5.74) is 4.11. The maximum absolute atomic E-state index is 13.7. The zero-order chi connectivity index (χ0) is 33.2. The Bertz CT molecular complexity index is 1720. The zero-order valence-corrected chi connectivity index (χ0v) is 28.1. The average molecular weight is 647 g/mol. The molecule has 0 atom stereocenters. The molecule has 0 bridgehead atoms. The number of allylic oxidation sites excluding steroid dienone is 2. The number of esters is 2. The van der Waals surface area contributed by atoms with E-state index in [4.69, 9.17) is 14.6 Å². The van der Waals surface area contributed by atoms with Gasteiger partial charge in [0.05, 0.1) is 45.5 Å². The van der Waals surface area contributed by atoms with Crippen LogP contribution in [0.4, 0.5) is 0 Å². The molecular formula is C35H42N4O6S. The Morgan fingerprint density at radius 2 is 1.37 bits per heavy atom. The van der Waals surface area contributed by atoms with Gasteiger partial charge in [0.25, 0.3) is 0 Å². The highest BCUT2D eigenvalue weighted by Crippen LogP contribution is 2.43. The predicted molar refractivity (Wildman–Crippen MR) is 175 cm³/mol. The Balaban J connectivity index is 1.70. The number of aromatic nitrogens is 2. The summed E-state index contributed by atoms with van der Waals surface area (Å²) in [5, 5.41) is 8.15. The SMILES string of the molecule is CC1=C(C(=O)OC(C)C)C(c2cn(-c3ccccc3)nc2-c2ccc(S(=O)(=O)N3CCCCC3)cc2)C(C(=O)OC(C)C)=C(C)N1. The molecular weight excluding hydrogens is 604 g/mol. The van der Waals surface area contributed by atoms with Crippen LogP contribution in [0, 0.1) is 0 Å². The van der Waals surface area contributed by atoms with E-state index < -0.39 is 40.1 Å². The van der Waals surface area contributed by atoms with Gasteiger partial charge in [-0.25, -0.2) is 22.7 Å². The predicted octanol–water partition coefficient (Wildman–Crippen LogP) is 5.85. The minimum atomic E-state index is -3.64. The molecule has 11 heteroatoms. The Hall–Kier alpha value is -4.22. The first kappa shape index (κ1) is 33.2. The number of nitrogens with one attached hydrogen (secondary N) is 1. The van der Waals surface area contributed by atoms with Gasteiger partial charge in [0.2, 0.25) is 10.0 Å². The lowest BCUT2D eigenvalue weighted by Gasteiger charge is -2.31. The average Bonchev–Trinajstić information content (AvgIpc) is 3.46. The van der Waals surface area contributed by atoms with Crippen molar-refractivity contribution in [2.24, 2.45) is 0 Å². The van der Waals surface area contributed by atoms with Crippen LogP contribution in [0.3, 0.4) is 0 Å². The molecule has 5 rings (SSSR count). The number of dihydropyridines is 1. The van der Waals surface area contributed by atoms with Gasteiger partial charge in [-0.05, 0) is 78.6 Å². The number of ether oxygens (including phenoxy) is 2. The molecule has 2 aromatic carbocycles. The van der Waals surface area contributed by atoms with Crippen molar-refractivity contribution in [1.82, 2.24) is 19.4 Å². The van der Waals surface area contributed by atoms with Crippen LogP contribution in [-0.2, 0) is 29.1 Å². The number of carbonyl (C=O) groups excluding carboxylic acids is 2. The van der Waals surface area contributed by atoms with Crippen LogP contribution in [0.2, 0.25) is 0 Å². The number of hydrogen-bond donors (Lipinski definition) is 1. The van der Waals surface area contributed by atoms with Crippen molar-refractivity contribution < 1.29 is 27.5 Å². The van der Waals surface area contributed by atoms with Gasteiger partial charge in [-0.3, -0.25) is 0 Å². The summed E-state index contributed by atoms with van der Waals surface area (Å²) in [6, 6.07) is 16.1. The van der Waals surface area contributed by atoms with Crippen LogP contribution >= 0.6 is 0 Å². The van der Waals surface area contributed by atoms with Crippen molar-refractivity contribution in [3.8, 4) is 16.9 Å². The van der Waals surface area contributed by atoms with Gasteiger partial charge in [-0.1, -0.05) is 36.8 Å². The number of para-hydroxylation sites is 1. The van der Waals surface area contributed by atoms with Crippen LogP contribution in [-0.4, -0.2) is 59.7 Å². The molecule has 2 aliphatic rings. The standard InChI is InChI=1S/C35H42N4O6S/c1-22(2)44-34(40)30-24(5)36-25(6)31(35(41)45-23(3)4)32(30)29-21-39(27-13-9-7-10-14-27)37-33(29)26-15-17-28(18-16-26)46(42,43)38-19-11-8-12-20-38/h7,9-10,13-18,21-23,32,36H,8,11-12,19-20H2,1-6H3. The lowest BCUT2D eigenvalue weighted by molar-refractivity contribution is -0.143. The summed E-state index contributed by atoms with van der Waals surface area (Å²) in [7, 11) is -3.64. The number of benzene rings is 2. The fraction of sp³-hybridized carbons (Fsp3) is 0.400. The van der Waals surface area contributed by atoms with E-state index >= 15 is 0 Å². The quantitative estimate of drug-likeness (QED) is 0.288. The third kappa shape index (κ3) is 6.80. The van der Waals surface area contributed by atoms with Crippen molar-refractivity contribution in [2.75, 3.05) is 13.1 Å². The molecule has 10 nitrogen and oxygen atoms in total. The summed E-state index contributed by atoms with van der Waals surface area (Å²) in [6.45, 7) is 11.7. The fourth-order valence-electron chi connectivity index (χ4n) is 5.98. The highest BCUT2D eigenvalue weighted by Gasteiger charge is 2.41. The molecule has 0 aliphatic carbocycles. The Morgan fingerprint density at radius 3 is 1.89 bits per heavy atom. The molecule has 0 radical (unpaired) electrons. The number of rotatable bonds is 9. The van der Waals surface area contributed by atoms with Crippen LogP contribution in [0.1, 0.15) is 72.3 Å². The summed E-state index contributed by atoms with van der Waals surface area (Å²) < 4.78 is 41.4. The van der Waals surface area contributed by atoms with Crippen molar-refractivity contribution in [3.63, 3.8) is 0 Å². The number of nitrogens with zero attached hydrogens (tertiary/aromatic N) is 3. The first-order valence-corrected chi connectivity index (χ1v) is 17.2. The largest absolute Gasteiger partial charge is 0.460 e. The molecule has 3 aromatic rings. The van der Waals surface area contributed by atoms with E-state index in [1.807, 2.05) is 36.5 Å². The summed E-state index contributed by atoms with van der Waals surface area (Å²) in [4.78, 5) is 27.7. The first-order chi connectivity index (χ1) is 21.9. The first-order valence-electron chi connectivity index (χ1n) is 15.7. The molecule has 1 aromatic heterocycles. The van der Waals surface area contributed by atoms with E-state index in [0.29, 0.717) is 41.3 Å². The Morgan fingerprint density at radius 1 is 0.826 bits per heavy atom. The van der Waals surface area contributed by atoms with E-state index in [0.717, 1.165) is 24.9 Å². The summed E-state index contributed by atoms with van der Waals surface area (Å²) >= 11 is 0. The topological polar surface area (TPSA) is 120 Å². The second-order valence-corrected chi connectivity index (χ2v) is 14.2. The van der Waals surface area contributed by atoms with Crippen LogP contribution in [0.25, 0.3) is 16.9 Å². The van der Waals surface area contributed by atoms with Gasteiger partial charge in [0.1, 0.15) is 0 Å². The third-order valence-corrected chi connectivity index (χ3v) is 9.95. The molecule has 1 N–H and O–H groups in total. The molecule has 0 spiro atoms. The smallest absolute Gasteiger partial charge is 0.337 e. The molecule has 244 valence electrons. The van der Waals surface area contributed by atoms with Gasteiger partial charge in [0, 0.05) is 41.8 Å². The Kier molecular flexibility index (Phi) is 9.83. The van der Waals surface area contributed by atoms with Gasteiger partial charge in [0.15, 0.2) is 0 Å². The molecule has 0 saturated carbocycles. The minimum absolute atomic E-state index is 0.206. The molecule has 46 heavy (non-hydrogen) atoms. The number of carbonyl (C=O) groups is 2. The van der Waals surface area contributed by atoms with Crippen molar-refractivity contribution in [2.45, 2.75) is 83.8 Å². The van der Waals surface area contributed by atoms with Crippen LogP contribution in [0.5, 0.6) is 0 Å². The number of hydrogen-bond acceptors (Lipinski definition) is 8. The second-order valence-electron chi connectivity index (χ2n) is 12.2. The molecule has 1 saturated heterocycles.